The third-order valence-electron chi connectivity index (χ3n) is 15.3. The molecule has 0 saturated carbocycles. The van der Waals surface area contributed by atoms with E-state index in [9.17, 15) is 0 Å². The molecule has 73 heavy (non-hydrogen) atoms. The van der Waals surface area contributed by atoms with Gasteiger partial charge in [-0.1, -0.05) is 367 Å². The van der Waals surface area contributed by atoms with Crippen LogP contribution >= 0.6 is 8.60 Å². The maximum Gasteiger partial charge on any atom is 0.0739 e. The van der Waals surface area contributed by atoms with Crippen molar-refractivity contribution in [2.45, 2.75) is 406 Å². The summed E-state index contributed by atoms with van der Waals surface area (Å²) in [6, 6.07) is 0. The van der Waals surface area contributed by atoms with E-state index in [0.717, 1.165) is 19.6 Å². The molecule has 0 spiro atoms. The van der Waals surface area contributed by atoms with Crippen molar-refractivity contribution in [3.05, 3.63) is 0 Å². The summed E-state index contributed by atoms with van der Waals surface area (Å²) in [6.07, 6.45) is 87.5. The molecule has 0 aliphatic heterocycles. The highest BCUT2D eigenvalue weighted by molar-refractivity contribution is 7.33. The molecular formula is C66H144N3O3P. The van der Waals surface area contributed by atoms with Gasteiger partial charge >= 0.3 is 0 Å². The second-order valence-corrected chi connectivity index (χ2v) is 23.4. The van der Waals surface area contributed by atoms with E-state index in [0.29, 0.717) is 0 Å². The second kappa shape index (κ2) is 83.5. The van der Waals surface area contributed by atoms with Crippen LogP contribution in [0.1, 0.15) is 406 Å². The van der Waals surface area contributed by atoms with Crippen molar-refractivity contribution in [2.24, 2.45) is 0 Å². The van der Waals surface area contributed by atoms with Gasteiger partial charge in [0.1, 0.15) is 0 Å². The van der Waals surface area contributed by atoms with Gasteiger partial charge in [0.15, 0.2) is 0 Å². The third-order valence-corrected chi connectivity index (χ3v) is 15.3. The average Bonchev–Trinajstić information content (AvgIpc) is 3.38. The van der Waals surface area contributed by atoms with Gasteiger partial charge in [-0.3, -0.25) is 0 Å². The summed E-state index contributed by atoms with van der Waals surface area (Å²) in [6.45, 7) is 10.3. The lowest BCUT2D eigenvalue weighted by Crippen LogP contribution is -2.50. The van der Waals surface area contributed by atoms with Crippen molar-refractivity contribution in [2.75, 3.05) is 19.6 Å². The molecule has 0 amide bonds. The fourth-order valence-corrected chi connectivity index (χ4v) is 10.3. The first-order valence-corrected chi connectivity index (χ1v) is 35.3. The zero-order valence-corrected chi connectivity index (χ0v) is 52.2. The van der Waals surface area contributed by atoms with Gasteiger partial charge in [0.25, 0.3) is 0 Å². The van der Waals surface area contributed by atoms with Crippen molar-refractivity contribution < 1.29 is 31.9 Å². The van der Waals surface area contributed by atoms with E-state index in [1.807, 2.05) is 0 Å². The highest BCUT2D eigenvalue weighted by Gasteiger charge is 1.99. The lowest BCUT2D eigenvalue weighted by atomic mass is 10.0. The molecule has 9 N–H and O–H groups in total. The topological polar surface area (TPSA) is 152 Å². The van der Waals surface area contributed by atoms with Crippen molar-refractivity contribution in [1.82, 2.24) is 0 Å². The van der Waals surface area contributed by atoms with E-state index in [-0.39, 0.29) is 0 Å². The quantitative estimate of drug-likeness (QED) is 0.0411. The van der Waals surface area contributed by atoms with Crippen LogP contribution in [-0.4, -0.2) is 19.6 Å². The summed E-state index contributed by atoms with van der Waals surface area (Å²) < 4.78 is 0. The van der Waals surface area contributed by atoms with Crippen molar-refractivity contribution >= 4 is 8.60 Å². The Balaban J connectivity index is -0.000000470. The maximum absolute atomic E-state index is 8.48. The zero-order chi connectivity index (χ0) is 54.1. The summed E-state index contributed by atoms with van der Waals surface area (Å²) in [7, 11) is -3.37. The molecule has 0 bridgehead atoms. The molecule has 0 fully saturated rings. The van der Waals surface area contributed by atoms with Gasteiger partial charge < -0.3 is 40.5 Å². The molecule has 0 heterocycles. The van der Waals surface area contributed by atoms with Crippen molar-refractivity contribution in [3.63, 3.8) is 0 Å². The van der Waals surface area contributed by atoms with Gasteiger partial charge in [-0.25, -0.2) is 0 Å². The first-order chi connectivity index (χ1) is 36.0. The highest BCUT2D eigenvalue weighted by atomic mass is 31.2. The fourth-order valence-electron chi connectivity index (χ4n) is 10.3. The molecule has 0 atom stereocenters. The number of unbranched alkanes of at least 4 members (excludes halogenated alkanes) is 57. The van der Waals surface area contributed by atoms with E-state index in [1.54, 1.807) is 0 Å². The lowest BCUT2D eigenvalue weighted by Gasteiger charge is -2.39. The van der Waals surface area contributed by atoms with E-state index in [1.165, 1.54) is 385 Å². The van der Waals surface area contributed by atoms with Crippen LogP contribution in [0.5, 0.6) is 0 Å². The molecule has 0 rings (SSSR count). The molecule has 0 aromatic rings. The van der Waals surface area contributed by atoms with E-state index in [2.05, 4.69) is 38.0 Å². The summed E-state index contributed by atoms with van der Waals surface area (Å²) in [4.78, 5) is 25.4. The predicted molar refractivity (Wildman–Crippen MR) is 324 cm³/mol. The van der Waals surface area contributed by atoms with Gasteiger partial charge in [-0.05, 0) is 38.5 Å². The zero-order valence-electron chi connectivity index (χ0n) is 51.3. The number of rotatable bonds is 60. The van der Waals surface area contributed by atoms with Crippen LogP contribution in [0.15, 0.2) is 0 Å². The smallest absolute Gasteiger partial charge is 0.0739 e. The first-order valence-electron chi connectivity index (χ1n) is 34.2. The Kier molecular flexibility index (Phi) is 91.1. The van der Waals surface area contributed by atoms with Gasteiger partial charge in [0.2, 0.25) is 0 Å². The van der Waals surface area contributed by atoms with Crippen molar-refractivity contribution in [1.29, 1.82) is 0 Å². The molecule has 0 radical (unpaired) electrons. The molecule has 0 unspecified atom stereocenters. The van der Waals surface area contributed by atoms with Crippen LogP contribution in [-0.2, 0) is 0 Å². The monoisotopic (exact) mass is 1060 g/mol. The second-order valence-electron chi connectivity index (χ2n) is 22.9. The Morgan fingerprint density at radius 1 is 0.164 bits per heavy atom. The molecule has 6 nitrogen and oxygen atoms in total. The molecule has 0 aliphatic rings. The standard InChI is InChI=1S/3C22H47N.O3P/c3*1-2-3-4-5-6-7-8-9-10-11-12-13-14-15-16-17-18-19-20-21-22-23;1-4(2)3/h3*2-23H2,1H3;/q;;;-3/p+3. The minimum absolute atomic E-state index is 1.12. The van der Waals surface area contributed by atoms with Crippen molar-refractivity contribution in [3.8, 4) is 0 Å². The lowest BCUT2D eigenvalue weighted by molar-refractivity contribution is -0.408. The first kappa shape index (κ1) is 79.7. The van der Waals surface area contributed by atoms with Gasteiger partial charge in [-0.15, -0.1) is 0 Å². The fraction of sp³-hybridized carbons (Fsp3) is 1.00. The Morgan fingerprint density at radius 2 is 0.233 bits per heavy atom. The molecule has 7 heteroatoms. The van der Waals surface area contributed by atoms with Crippen LogP contribution < -0.4 is 31.9 Å². The third kappa shape index (κ3) is 98.2. The summed E-state index contributed by atoms with van der Waals surface area (Å²) in [5.41, 5.74) is 11.7. The molecule has 0 aromatic carbocycles. The number of hydrogen-bond acceptors (Lipinski definition) is 3. The summed E-state index contributed by atoms with van der Waals surface area (Å²) in [5.74, 6) is 0. The normalized spacial score (nSPS) is 11.1. The Morgan fingerprint density at radius 3 is 0.301 bits per heavy atom. The summed E-state index contributed by atoms with van der Waals surface area (Å²) in [5, 5.41) is 0. The molecule has 446 valence electrons. The van der Waals surface area contributed by atoms with Gasteiger partial charge in [0.05, 0.1) is 19.6 Å². The highest BCUT2D eigenvalue weighted by Crippen LogP contribution is 2.18. The van der Waals surface area contributed by atoms with Crippen LogP contribution in [0.25, 0.3) is 0 Å². The van der Waals surface area contributed by atoms with Gasteiger partial charge in [0, 0.05) is 0 Å². The summed E-state index contributed by atoms with van der Waals surface area (Å²) >= 11 is 0. The molecular weight excluding hydrogens is 914 g/mol. The largest absolute Gasteiger partial charge is 0.854 e. The van der Waals surface area contributed by atoms with Crippen LogP contribution in [0, 0.1) is 0 Å². The number of hydrogen-bond donors (Lipinski definition) is 3. The predicted octanol–water partition coefficient (Wildman–Crippen LogP) is 18.4. The minimum atomic E-state index is -3.37. The van der Waals surface area contributed by atoms with E-state index in [4.69, 9.17) is 14.7 Å². The van der Waals surface area contributed by atoms with Gasteiger partial charge in [-0.2, -0.15) is 0 Å². The number of quaternary nitrogens is 3. The van der Waals surface area contributed by atoms with E-state index >= 15 is 0 Å². The van der Waals surface area contributed by atoms with Crippen LogP contribution in [0.4, 0.5) is 0 Å². The average molecular weight is 1060 g/mol. The molecule has 0 saturated heterocycles. The maximum atomic E-state index is 8.48. The Bertz CT molecular complexity index is 677. The van der Waals surface area contributed by atoms with E-state index < -0.39 is 8.60 Å². The Labute approximate surface area is 464 Å². The molecule has 0 aliphatic carbocycles. The van der Waals surface area contributed by atoms with Crippen LogP contribution in [0.3, 0.4) is 0 Å². The minimum Gasteiger partial charge on any atom is -0.854 e. The molecule has 0 aromatic heterocycles. The SMILES string of the molecule is CCCCCCCCCCCCCCCCCCCCCC[NH3+].CCCCCCCCCCCCCCCCCCCCCC[NH3+].CCCCCCCCCCCCCCCCCCCCCC[NH3+].[O-]P([O-])[O-]. The Hall–Kier alpha value is 0.190. The van der Waals surface area contributed by atoms with Crippen LogP contribution in [0.2, 0.25) is 0 Å².